The van der Waals surface area contributed by atoms with Crippen molar-refractivity contribution in [1.82, 2.24) is 0 Å². The molecular weight excluding hydrogens is 208 g/mol. The molecule has 1 atom stereocenters. The van der Waals surface area contributed by atoms with Gasteiger partial charge in [0, 0.05) is 22.6 Å². The van der Waals surface area contributed by atoms with Gasteiger partial charge in [-0.25, -0.2) is 0 Å². The molecule has 0 unspecified atom stereocenters. The lowest BCUT2D eigenvalue weighted by molar-refractivity contribution is 0.565. The van der Waals surface area contributed by atoms with Crippen LogP contribution in [0.1, 0.15) is 18.4 Å². The minimum atomic E-state index is 0.438. The second-order valence-corrected chi connectivity index (χ2v) is 4.35. The van der Waals surface area contributed by atoms with Crippen LogP contribution in [0.15, 0.2) is 59.4 Å². The van der Waals surface area contributed by atoms with Crippen molar-refractivity contribution in [3.8, 4) is 11.3 Å². The molecule has 2 aliphatic carbocycles. The molecule has 0 radical (unpaired) electrons. The number of rotatable bonds is 2. The second-order valence-electron chi connectivity index (χ2n) is 4.35. The first kappa shape index (κ1) is 10.2. The number of fused-ring (bicyclic) bond motifs is 1. The smallest absolute Gasteiger partial charge is 0.141 e. The first-order valence-corrected chi connectivity index (χ1v) is 5.93. The van der Waals surface area contributed by atoms with Crippen LogP contribution in [0.3, 0.4) is 0 Å². The van der Waals surface area contributed by atoms with E-state index < -0.39 is 0 Å². The van der Waals surface area contributed by atoms with Crippen molar-refractivity contribution >= 4 is 5.57 Å². The molecule has 1 nitrogen and oxygen atoms in total. The van der Waals surface area contributed by atoms with Crippen molar-refractivity contribution in [2.75, 3.05) is 0 Å². The van der Waals surface area contributed by atoms with Gasteiger partial charge in [-0.3, -0.25) is 0 Å². The summed E-state index contributed by atoms with van der Waals surface area (Å²) in [6.45, 7) is 3.83. The molecule has 0 saturated carbocycles. The van der Waals surface area contributed by atoms with Gasteiger partial charge in [0.1, 0.15) is 5.76 Å². The summed E-state index contributed by atoms with van der Waals surface area (Å²) in [5.41, 5.74) is 6.52. The van der Waals surface area contributed by atoms with Gasteiger partial charge in [0.25, 0.3) is 0 Å². The van der Waals surface area contributed by atoms with Crippen LogP contribution >= 0.6 is 0 Å². The van der Waals surface area contributed by atoms with E-state index in [-0.39, 0.29) is 0 Å². The van der Waals surface area contributed by atoms with Gasteiger partial charge >= 0.3 is 0 Å². The van der Waals surface area contributed by atoms with Gasteiger partial charge in [0.2, 0.25) is 0 Å². The topological polar surface area (TPSA) is 13.1 Å². The number of allylic oxidation sites excluding steroid dienone is 3. The van der Waals surface area contributed by atoms with Gasteiger partial charge in [-0.15, -0.1) is 5.73 Å². The fraction of sp³-hybridized carbons (Fsp3) is 0.188. The molecule has 3 rings (SSSR count). The second kappa shape index (κ2) is 4.12. The van der Waals surface area contributed by atoms with Crippen LogP contribution in [-0.2, 0) is 0 Å². The molecule has 1 heteroatoms. The molecular formula is C16H14O. The Labute approximate surface area is 101 Å². The molecule has 0 amide bonds. The van der Waals surface area contributed by atoms with Crippen molar-refractivity contribution in [2.45, 2.75) is 12.8 Å². The fourth-order valence-electron chi connectivity index (χ4n) is 2.50. The lowest BCUT2D eigenvalue weighted by Crippen LogP contribution is -1.96. The quantitative estimate of drug-likeness (QED) is 0.538. The Hall–Kier alpha value is -1.98. The Kier molecular flexibility index (Phi) is 2.47. The molecule has 0 aromatic rings. The van der Waals surface area contributed by atoms with Gasteiger partial charge in [0.05, 0.1) is 6.26 Å². The highest BCUT2D eigenvalue weighted by Crippen LogP contribution is 2.38. The van der Waals surface area contributed by atoms with Crippen LogP contribution in [0.25, 0.3) is 16.9 Å². The molecule has 0 bridgehead atoms. The van der Waals surface area contributed by atoms with E-state index in [4.69, 9.17) is 4.42 Å². The van der Waals surface area contributed by atoms with E-state index in [2.05, 4.69) is 42.7 Å². The van der Waals surface area contributed by atoms with Crippen LogP contribution in [0.5, 0.6) is 0 Å². The molecule has 84 valence electrons. The maximum Gasteiger partial charge on any atom is 0.141 e. The van der Waals surface area contributed by atoms with E-state index in [9.17, 15) is 0 Å². The fourth-order valence-corrected chi connectivity index (χ4v) is 2.50. The van der Waals surface area contributed by atoms with Gasteiger partial charge < -0.3 is 4.42 Å². The molecule has 0 aromatic heterocycles. The predicted molar refractivity (Wildman–Crippen MR) is 69.7 cm³/mol. The highest BCUT2D eigenvalue weighted by atomic mass is 16.3. The summed E-state index contributed by atoms with van der Waals surface area (Å²) >= 11 is 0. The summed E-state index contributed by atoms with van der Waals surface area (Å²) in [7, 11) is 0. The zero-order chi connectivity index (χ0) is 11.7. The first-order chi connectivity index (χ1) is 8.40. The zero-order valence-corrected chi connectivity index (χ0v) is 9.65. The van der Waals surface area contributed by atoms with Crippen molar-refractivity contribution in [3.63, 3.8) is 0 Å². The number of hydrogen-bond acceptors (Lipinski definition) is 1. The highest BCUT2D eigenvalue weighted by Gasteiger charge is 2.21. The average molecular weight is 222 g/mol. The van der Waals surface area contributed by atoms with Crippen LogP contribution in [-0.4, -0.2) is 0 Å². The standard InChI is InChI=1S/C16H14O/c1-2-14(12-6-3-4-7-12)15-10-9-13-8-5-11-17-16(13)15/h3,5-6,8-12H,1,4,7H2/t12-/m1/s1. The molecule has 1 aliphatic heterocycles. The van der Waals surface area contributed by atoms with Gasteiger partial charge in [0.15, 0.2) is 0 Å². The SMILES string of the molecule is C=C=C(c1ccc2cccoc1-2)[C@@H]1C=CCC1. The minimum Gasteiger partial charge on any atom is -0.464 e. The van der Waals surface area contributed by atoms with Crippen molar-refractivity contribution in [1.29, 1.82) is 0 Å². The van der Waals surface area contributed by atoms with E-state index in [1.165, 1.54) is 0 Å². The molecule has 0 aromatic carbocycles. The van der Waals surface area contributed by atoms with Gasteiger partial charge in [-0.05, 0) is 31.0 Å². The molecule has 3 aliphatic rings. The van der Waals surface area contributed by atoms with Crippen LogP contribution in [0, 0.1) is 5.92 Å². The van der Waals surface area contributed by atoms with Crippen molar-refractivity contribution in [2.24, 2.45) is 5.92 Å². The Morgan fingerprint density at radius 2 is 2.29 bits per heavy atom. The van der Waals surface area contributed by atoms with E-state index in [0.29, 0.717) is 5.92 Å². The van der Waals surface area contributed by atoms with E-state index >= 15 is 0 Å². The summed E-state index contributed by atoms with van der Waals surface area (Å²) < 4.78 is 5.61. The predicted octanol–water partition coefficient (Wildman–Crippen LogP) is 4.52. The Bertz CT molecular complexity index is 581. The third-order valence-electron chi connectivity index (χ3n) is 3.34. The largest absolute Gasteiger partial charge is 0.464 e. The zero-order valence-electron chi connectivity index (χ0n) is 9.65. The normalized spacial score (nSPS) is 18.5. The van der Waals surface area contributed by atoms with Crippen molar-refractivity contribution < 1.29 is 4.42 Å². The van der Waals surface area contributed by atoms with Gasteiger partial charge in [-0.2, -0.15) is 0 Å². The summed E-state index contributed by atoms with van der Waals surface area (Å²) in [5, 5.41) is 0. The molecule has 0 saturated heterocycles. The Balaban J connectivity index is 2.09. The third kappa shape index (κ3) is 1.65. The van der Waals surface area contributed by atoms with Crippen molar-refractivity contribution in [3.05, 3.63) is 60.6 Å². The third-order valence-corrected chi connectivity index (χ3v) is 3.34. The molecule has 0 N–H and O–H groups in total. The maximum absolute atomic E-state index is 5.61. The Morgan fingerprint density at radius 3 is 3.06 bits per heavy atom. The lowest BCUT2D eigenvalue weighted by atomic mass is 9.93. The molecule has 17 heavy (non-hydrogen) atoms. The van der Waals surface area contributed by atoms with Gasteiger partial charge in [-0.1, -0.05) is 24.8 Å². The van der Waals surface area contributed by atoms with E-state index in [1.54, 1.807) is 6.26 Å². The average Bonchev–Trinajstić information content (AvgIpc) is 3.01. The van der Waals surface area contributed by atoms with Crippen LogP contribution < -0.4 is 0 Å². The summed E-state index contributed by atoms with van der Waals surface area (Å²) in [6, 6.07) is 8.17. The van der Waals surface area contributed by atoms with E-state index in [1.807, 2.05) is 6.07 Å². The minimum absolute atomic E-state index is 0.438. The Morgan fingerprint density at radius 1 is 1.35 bits per heavy atom. The summed E-state index contributed by atoms with van der Waals surface area (Å²) in [6.07, 6.45) is 8.49. The number of hydrogen-bond donors (Lipinski definition) is 0. The van der Waals surface area contributed by atoms with E-state index in [0.717, 1.165) is 35.3 Å². The summed E-state index contributed by atoms with van der Waals surface area (Å²) in [4.78, 5) is 0. The lowest BCUT2D eigenvalue weighted by Gasteiger charge is -2.11. The molecule has 0 fully saturated rings. The monoisotopic (exact) mass is 222 g/mol. The maximum atomic E-state index is 5.61. The van der Waals surface area contributed by atoms with Crippen LogP contribution in [0.4, 0.5) is 0 Å². The molecule has 0 spiro atoms. The summed E-state index contributed by atoms with van der Waals surface area (Å²) in [5.74, 6) is 1.38. The highest BCUT2D eigenvalue weighted by molar-refractivity contribution is 5.82. The molecule has 1 heterocycles. The first-order valence-electron chi connectivity index (χ1n) is 5.93. The van der Waals surface area contributed by atoms with Crippen LogP contribution in [0.2, 0.25) is 0 Å².